The van der Waals surface area contributed by atoms with Crippen LogP contribution in [0.3, 0.4) is 0 Å². The summed E-state index contributed by atoms with van der Waals surface area (Å²) in [5.74, 6) is -4.72. The maximum Gasteiger partial charge on any atom is 0.0448 e. The summed E-state index contributed by atoms with van der Waals surface area (Å²) in [4.78, 5) is 20.1. The van der Waals surface area contributed by atoms with Gasteiger partial charge in [0.1, 0.15) is 0 Å². The van der Waals surface area contributed by atoms with E-state index < -0.39 is 23.8 Å². The summed E-state index contributed by atoms with van der Waals surface area (Å²) in [5, 5.41) is 20.1. The molecule has 5 heteroatoms. The Bertz CT molecular complexity index is 139. The fourth-order valence-electron chi connectivity index (χ4n) is 0.408. The molecule has 0 fully saturated rings. The van der Waals surface area contributed by atoms with Crippen LogP contribution in [0, 0.1) is 11.8 Å². The normalized spacial score (nSPS) is 14.4. The summed E-state index contributed by atoms with van der Waals surface area (Å²) in [6.45, 7) is 2.55. The summed E-state index contributed by atoms with van der Waals surface area (Å²) in [6.07, 6.45) is 0. The van der Waals surface area contributed by atoms with Crippen LogP contribution in [0.2, 0.25) is 0 Å². The molecule has 0 saturated heterocycles. The predicted octanol–water partition coefficient (Wildman–Crippen LogP) is -2.24. The van der Waals surface area contributed by atoms with Crippen molar-refractivity contribution in [3.05, 3.63) is 0 Å². The Kier molecular flexibility index (Phi) is 6.46. The molecule has 69 valence electrons. The molecule has 0 aliphatic heterocycles. The zero-order valence-corrected chi connectivity index (χ0v) is 7.57. The van der Waals surface area contributed by atoms with E-state index in [1.807, 2.05) is 0 Å². The number of carboxylic acids is 2. The first-order valence-electron chi connectivity index (χ1n) is 2.88. The first-order chi connectivity index (χ1) is 4.46. The maximum absolute atomic E-state index is 10.0. The number of carbonyl (C=O) groups is 2. The number of hydrogen-bond donors (Lipinski definition) is 0. The van der Waals surface area contributed by atoms with E-state index in [2.05, 4.69) is 0 Å². The first kappa shape index (κ1) is 13.3. The zero-order chi connectivity index (χ0) is 8.31. The van der Waals surface area contributed by atoms with Gasteiger partial charge in [-0.15, -0.1) is 0 Å². The van der Waals surface area contributed by atoms with Gasteiger partial charge in [0.2, 0.25) is 0 Å². The molecule has 0 heterocycles. The Morgan fingerprint density at radius 2 is 1.18 bits per heavy atom. The van der Waals surface area contributed by atoms with Crippen molar-refractivity contribution in [2.75, 3.05) is 0 Å². The van der Waals surface area contributed by atoms with Crippen molar-refractivity contribution in [3.63, 3.8) is 0 Å². The molecule has 1 radical (unpaired) electrons. The van der Waals surface area contributed by atoms with Crippen LogP contribution in [-0.2, 0) is 32.0 Å². The molecule has 0 amide bonds. The molecule has 0 spiro atoms. The van der Waals surface area contributed by atoms with Gasteiger partial charge >= 0.3 is 0 Å². The van der Waals surface area contributed by atoms with E-state index in [-0.39, 0.29) is 22.4 Å². The monoisotopic (exact) mass is 251 g/mol. The van der Waals surface area contributed by atoms with Crippen molar-refractivity contribution >= 4 is 11.9 Å². The van der Waals surface area contributed by atoms with Crippen LogP contribution in [0.15, 0.2) is 0 Å². The third-order valence-corrected chi connectivity index (χ3v) is 1.49. The second-order valence-corrected chi connectivity index (χ2v) is 2.22. The van der Waals surface area contributed by atoms with E-state index in [1.165, 1.54) is 13.8 Å². The van der Waals surface area contributed by atoms with Crippen LogP contribution in [-0.4, -0.2) is 11.9 Å². The van der Waals surface area contributed by atoms with Gasteiger partial charge in [0.05, 0.1) is 0 Å². The number of rotatable bonds is 3. The molecule has 0 aromatic carbocycles. The summed E-state index contributed by atoms with van der Waals surface area (Å²) in [6, 6.07) is 0. The molecule has 0 aliphatic rings. The summed E-state index contributed by atoms with van der Waals surface area (Å²) < 4.78 is 0. The number of aliphatic carboxylic acids is 2. The molecule has 4 nitrogen and oxygen atoms in total. The maximum atomic E-state index is 10.0. The Morgan fingerprint density at radius 1 is 1.00 bits per heavy atom. The topological polar surface area (TPSA) is 80.3 Å². The van der Waals surface area contributed by atoms with Gasteiger partial charge in [-0.2, -0.15) is 0 Å². The largest absolute Gasteiger partial charge is 0.550 e. The molecule has 0 aromatic heterocycles. The van der Waals surface area contributed by atoms with Gasteiger partial charge in [0, 0.05) is 46.2 Å². The second-order valence-electron chi connectivity index (χ2n) is 2.22. The summed E-state index contributed by atoms with van der Waals surface area (Å²) in [5.41, 5.74) is 0. The van der Waals surface area contributed by atoms with Gasteiger partial charge in [-0.3, -0.25) is 0 Å². The molecule has 0 bridgehead atoms. The van der Waals surface area contributed by atoms with Crippen molar-refractivity contribution < 1.29 is 42.2 Å². The number of carboxylic acid groups (broad SMARTS) is 2. The van der Waals surface area contributed by atoms with Gasteiger partial charge in [-0.1, -0.05) is 13.8 Å². The van der Waals surface area contributed by atoms with Crippen LogP contribution in [0.1, 0.15) is 13.8 Å². The van der Waals surface area contributed by atoms with Crippen molar-refractivity contribution in [3.8, 4) is 0 Å². The van der Waals surface area contributed by atoms with Gasteiger partial charge in [-0.05, 0) is 0 Å². The van der Waals surface area contributed by atoms with Gasteiger partial charge in [0.25, 0.3) is 0 Å². The standard InChI is InChI=1S/C6H10O4.Ag/c1-3(5(7)8)4(2)6(9)10;/h3-4H,1-2H3,(H,7,8)(H,9,10);/p-2. The van der Waals surface area contributed by atoms with E-state index in [1.54, 1.807) is 0 Å². The van der Waals surface area contributed by atoms with E-state index >= 15 is 0 Å². The fraction of sp³-hybridized carbons (Fsp3) is 0.667. The van der Waals surface area contributed by atoms with Crippen LogP contribution >= 0.6 is 0 Å². The Morgan fingerprint density at radius 3 is 1.27 bits per heavy atom. The molecular weight excluding hydrogens is 244 g/mol. The average molecular weight is 252 g/mol. The van der Waals surface area contributed by atoms with Crippen molar-refractivity contribution in [1.82, 2.24) is 0 Å². The Hall–Kier alpha value is -0.320. The molecular formula is C6H8AgO4-2. The van der Waals surface area contributed by atoms with Crippen LogP contribution in [0.25, 0.3) is 0 Å². The minimum atomic E-state index is -1.36. The minimum absolute atomic E-state index is 0. The van der Waals surface area contributed by atoms with Crippen molar-refractivity contribution in [2.24, 2.45) is 11.8 Å². The molecule has 0 rings (SSSR count). The second kappa shape index (κ2) is 5.35. The quantitative estimate of drug-likeness (QED) is 0.532. The SMILES string of the molecule is CC(C(=O)[O-])C(C)C(=O)[O-].[Ag]. The predicted molar refractivity (Wildman–Crippen MR) is 28.3 cm³/mol. The van der Waals surface area contributed by atoms with Gasteiger partial charge in [0.15, 0.2) is 0 Å². The Labute approximate surface area is 80.1 Å². The van der Waals surface area contributed by atoms with Crippen LogP contribution in [0.5, 0.6) is 0 Å². The number of hydrogen-bond acceptors (Lipinski definition) is 4. The van der Waals surface area contributed by atoms with Gasteiger partial charge < -0.3 is 19.8 Å². The molecule has 0 aromatic rings. The van der Waals surface area contributed by atoms with E-state index in [0.717, 1.165) is 0 Å². The molecule has 11 heavy (non-hydrogen) atoms. The van der Waals surface area contributed by atoms with E-state index in [4.69, 9.17) is 0 Å². The van der Waals surface area contributed by atoms with E-state index in [9.17, 15) is 19.8 Å². The molecule has 2 unspecified atom stereocenters. The van der Waals surface area contributed by atoms with Crippen LogP contribution in [0.4, 0.5) is 0 Å². The minimum Gasteiger partial charge on any atom is -0.550 e. The molecule has 0 aliphatic carbocycles. The first-order valence-corrected chi connectivity index (χ1v) is 2.88. The van der Waals surface area contributed by atoms with Gasteiger partial charge in [-0.25, -0.2) is 0 Å². The molecule has 0 saturated carbocycles. The summed E-state index contributed by atoms with van der Waals surface area (Å²) >= 11 is 0. The fourth-order valence-corrected chi connectivity index (χ4v) is 0.408. The Balaban J connectivity index is 0. The van der Waals surface area contributed by atoms with E-state index in [0.29, 0.717) is 0 Å². The smallest absolute Gasteiger partial charge is 0.0448 e. The summed E-state index contributed by atoms with van der Waals surface area (Å²) in [7, 11) is 0. The van der Waals surface area contributed by atoms with Crippen molar-refractivity contribution in [2.45, 2.75) is 13.8 Å². The average Bonchev–Trinajstić information content (AvgIpc) is 1.84. The number of carbonyl (C=O) groups excluding carboxylic acids is 2. The van der Waals surface area contributed by atoms with Crippen LogP contribution < -0.4 is 10.2 Å². The van der Waals surface area contributed by atoms with Crippen molar-refractivity contribution in [1.29, 1.82) is 0 Å². The zero-order valence-electron chi connectivity index (χ0n) is 6.09. The molecule has 2 atom stereocenters. The third kappa shape index (κ3) is 4.19. The third-order valence-electron chi connectivity index (χ3n) is 1.49. The molecule has 0 N–H and O–H groups in total.